The van der Waals surface area contributed by atoms with Crippen LogP contribution in [-0.2, 0) is 19.4 Å². The van der Waals surface area contributed by atoms with Gasteiger partial charge in [0.2, 0.25) is 0 Å². The Kier molecular flexibility index (Phi) is 5.38. The van der Waals surface area contributed by atoms with E-state index >= 15 is 0 Å². The van der Waals surface area contributed by atoms with Crippen LogP contribution in [0.5, 0.6) is 0 Å². The zero-order valence-corrected chi connectivity index (χ0v) is 15.6. The second-order valence-electron chi connectivity index (χ2n) is 6.84. The van der Waals surface area contributed by atoms with Gasteiger partial charge < -0.3 is 25.6 Å². The number of amides is 2. The van der Waals surface area contributed by atoms with Crippen molar-refractivity contribution in [1.82, 2.24) is 19.9 Å². The Bertz CT molecular complexity index is 984. The zero-order chi connectivity index (χ0) is 19.3. The van der Waals surface area contributed by atoms with Crippen molar-refractivity contribution in [1.29, 1.82) is 0 Å². The van der Waals surface area contributed by atoms with E-state index in [1.807, 2.05) is 28.8 Å². The van der Waals surface area contributed by atoms with E-state index in [1.165, 1.54) is 5.56 Å². The number of nitrogens with one attached hydrogen (secondary N) is 3. The molecule has 1 aliphatic heterocycles. The van der Waals surface area contributed by atoms with Gasteiger partial charge in [0.15, 0.2) is 0 Å². The number of aromatic nitrogens is 3. The number of pyridine rings is 1. The maximum Gasteiger partial charge on any atom is 0.319 e. The van der Waals surface area contributed by atoms with Crippen LogP contribution in [0.2, 0.25) is 0 Å². The standard InChI is InChI=1S/C20H24N6O2/c27-11-10-26-13-23-17-12-16(5-6-18(17)26)25-20(28)22-9-7-15-4-3-14-2-1-8-21-19(14)24-15/h3-6,12-13,27H,1-2,7-11H2,(H,21,24)(H2,22,25,28). The van der Waals surface area contributed by atoms with Gasteiger partial charge in [0.05, 0.1) is 24.0 Å². The van der Waals surface area contributed by atoms with Crippen molar-refractivity contribution in [3.63, 3.8) is 0 Å². The third-order valence-electron chi connectivity index (χ3n) is 4.84. The van der Waals surface area contributed by atoms with E-state index in [0.717, 1.165) is 41.9 Å². The number of urea groups is 1. The normalized spacial score (nSPS) is 13.0. The number of carbonyl (C=O) groups is 1. The predicted octanol–water partition coefficient (Wildman–Crippen LogP) is 2.15. The molecule has 0 bridgehead atoms. The number of hydrogen-bond acceptors (Lipinski definition) is 5. The van der Waals surface area contributed by atoms with Gasteiger partial charge in [0, 0.05) is 37.4 Å². The van der Waals surface area contributed by atoms with Gasteiger partial charge in [-0.15, -0.1) is 0 Å². The topological polar surface area (TPSA) is 104 Å². The van der Waals surface area contributed by atoms with Crippen LogP contribution in [0.4, 0.5) is 16.3 Å². The van der Waals surface area contributed by atoms with Crippen LogP contribution in [0.15, 0.2) is 36.7 Å². The van der Waals surface area contributed by atoms with Gasteiger partial charge in [-0.3, -0.25) is 0 Å². The SMILES string of the molecule is O=C(NCCc1ccc2c(n1)NCCC2)Nc1ccc2c(c1)ncn2CCO. The molecule has 2 amide bonds. The number of rotatable bonds is 6. The Hall–Kier alpha value is -3.13. The van der Waals surface area contributed by atoms with Gasteiger partial charge in [0.25, 0.3) is 0 Å². The zero-order valence-electron chi connectivity index (χ0n) is 15.6. The number of fused-ring (bicyclic) bond motifs is 2. The first-order chi connectivity index (χ1) is 13.7. The number of carbonyl (C=O) groups excluding carboxylic acids is 1. The quantitative estimate of drug-likeness (QED) is 0.525. The fourth-order valence-electron chi connectivity index (χ4n) is 3.41. The summed E-state index contributed by atoms with van der Waals surface area (Å²) >= 11 is 0. The average Bonchev–Trinajstić information content (AvgIpc) is 3.10. The van der Waals surface area contributed by atoms with Gasteiger partial charge in [-0.05, 0) is 42.7 Å². The Balaban J connectivity index is 1.30. The number of nitrogens with zero attached hydrogens (tertiary/aromatic N) is 3. The van der Waals surface area contributed by atoms with Crippen molar-refractivity contribution in [2.24, 2.45) is 0 Å². The van der Waals surface area contributed by atoms with Gasteiger partial charge in [-0.25, -0.2) is 14.8 Å². The molecule has 0 atom stereocenters. The largest absolute Gasteiger partial charge is 0.395 e. The molecule has 0 spiro atoms. The summed E-state index contributed by atoms with van der Waals surface area (Å²) in [5.41, 5.74) is 4.60. The molecule has 4 N–H and O–H groups in total. The minimum atomic E-state index is -0.259. The smallest absolute Gasteiger partial charge is 0.319 e. The van der Waals surface area contributed by atoms with E-state index in [9.17, 15) is 4.79 Å². The molecule has 0 fully saturated rings. The summed E-state index contributed by atoms with van der Waals surface area (Å²) in [6.45, 7) is 2.02. The predicted molar refractivity (Wildman–Crippen MR) is 109 cm³/mol. The third kappa shape index (κ3) is 4.07. The van der Waals surface area contributed by atoms with Gasteiger partial charge in [-0.1, -0.05) is 6.07 Å². The molecule has 1 aromatic carbocycles. The highest BCUT2D eigenvalue weighted by Gasteiger charge is 2.10. The Morgan fingerprint density at radius 2 is 2.21 bits per heavy atom. The molecular weight excluding hydrogens is 356 g/mol. The molecule has 146 valence electrons. The first-order valence-electron chi connectivity index (χ1n) is 9.56. The minimum Gasteiger partial charge on any atom is -0.395 e. The molecule has 8 nitrogen and oxygen atoms in total. The Morgan fingerprint density at radius 1 is 1.29 bits per heavy atom. The molecule has 0 saturated carbocycles. The highest BCUT2D eigenvalue weighted by atomic mass is 16.3. The second kappa shape index (κ2) is 8.26. The van der Waals surface area contributed by atoms with Crippen LogP contribution in [0.1, 0.15) is 17.7 Å². The fraction of sp³-hybridized carbons (Fsp3) is 0.350. The summed E-state index contributed by atoms with van der Waals surface area (Å²) < 4.78 is 1.87. The lowest BCUT2D eigenvalue weighted by Gasteiger charge is -2.17. The summed E-state index contributed by atoms with van der Waals surface area (Å²) in [6, 6.07) is 9.42. The number of hydrogen-bond donors (Lipinski definition) is 4. The number of aliphatic hydroxyl groups is 1. The van der Waals surface area contributed by atoms with Crippen LogP contribution >= 0.6 is 0 Å². The van der Waals surface area contributed by atoms with Crippen LogP contribution in [0.25, 0.3) is 11.0 Å². The van der Waals surface area contributed by atoms with Gasteiger partial charge in [-0.2, -0.15) is 0 Å². The van der Waals surface area contributed by atoms with Crippen molar-refractivity contribution in [2.45, 2.75) is 25.8 Å². The maximum atomic E-state index is 12.2. The molecular formula is C20H24N6O2. The molecule has 0 radical (unpaired) electrons. The van der Waals surface area contributed by atoms with E-state index < -0.39 is 0 Å². The first-order valence-corrected chi connectivity index (χ1v) is 9.56. The van der Waals surface area contributed by atoms with E-state index in [1.54, 1.807) is 6.33 Å². The molecule has 0 saturated heterocycles. The van der Waals surface area contributed by atoms with Crippen LogP contribution < -0.4 is 16.0 Å². The van der Waals surface area contributed by atoms with Crippen LogP contribution in [0.3, 0.4) is 0 Å². The summed E-state index contributed by atoms with van der Waals surface area (Å²) in [4.78, 5) is 21.1. The molecule has 0 aliphatic carbocycles. The number of imidazole rings is 1. The summed E-state index contributed by atoms with van der Waals surface area (Å²) in [5.74, 6) is 0.974. The van der Waals surface area contributed by atoms with Gasteiger partial charge in [0.1, 0.15) is 5.82 Å². The maximum absolute atomic E-state index is 12.2. The molecule has 8 heteroatoms. The van der Waals surface area contributed by atoms with Crippen molar-refractivity contribution >= 4 is 28.6 Å². The van der Waals surface area contributed by atoms with Crippen LogP contribution in [-0.4, -0.2) is 45.4 Å². The molecule has 3 heterocycles. The monoisotopic (exact) mass is 380 g/mol. The van der Waals surface area contributed by atoms with E-state index in [0.29, 0.717) is 25.2 Å². The summed E-state index contributed by atoms with van der Waals surface area (Å²) in [6.07, 6.45) is 4.57. The highest BCUT2D eigenvalue weighted by molar-refractivity contribution is 5.91. The number of anilines is 2. The van der Waals surface area contributed by atoms with Crippen LogP contribution in [0, 0.1) is 0 Å². The van der Waals surface area contributed by atoms with E-state index in [-0.39, 0.29) is 12.6 Å². The molecule has 4 rings (SSSR count). The molecule has 2 aromatic heterocycles. The molecule has 3 aromatic rings. The van der Waals surface area contributed by atoms with Crippen molar-refractivity contribution in [3.05, 3.63) is 47.9 Å². The molecule has 1 aliphatic rings. The lowest BCUT2D eigenvalue weighted by molar-refractivity contribution is 0.252. The van der Waals surface area contributed by atoms with Crippen molar-refractivity contribution in [2.75, 3.05) is 30.3 Å². The minimum absolute atomic E-state index is 0.0585. The highest BCUT2D eigenvalue weighted by Crippen LogP contribution is 2.20. The summed E-state index contributed by atoms with van der Waals surface area (Å²) in [7, 11) is 0. The number of aryl methyl sites for hydroxylation is 1. The van der Waals surface area contributed by atoms with E-state index in [4.69, 9.17) is 5.11 Å². The van der Waals surface area contributed by atoms with Crippen molar-refractivity contribution in [3.8, 4) is 0 Å². The third-order valence-corrected chi connectivity index (χ3v) is 4.84. The number of benzene rings is 1. The lowest BCUT2D eigenvalue weighted by atomic mass is 10.1. The lowest BCUT2D eigenvalue weighted by Crippen LogP contribution is -2.30. The van der Waals surface area contributed by atoms with Crippen molar-refractivity contribution < 1.29 is 9.90 Å². The Morgan fingerprint density at radius 3 is 3.11 bits per heavy atom. The van der Waals surface area contributed by atoms with Gasteiger partial charge >= 0.3 is 6.03 Å². The summed E-state index contributed by atoms with van der Waals surface area (Å²) in [5, 5.41) is 18.1. The first kappa shape index (κ1) is 18.2. The molecule has 28 heavy (non-hydrogen) atoms. The fourth-order valence-corrected chi connectivity index (χ4v) is 3.41. The second-order valence-corrected chi connectivity index (χ2v) is 6.84. The Labute approximate surface area is 163 Å². The average molecular weight is 380 g/mol. The molecule has 0 unspecified atom stereocenters. The van der Waals surface area contributed by atoms with E-state index in [2.05, 4.69) is 32.0 Å². The number of aliphatic hydroxyl groups excluding tert-OH is 1.